The first-order valence-corrected chi connectivity index (χ1v) is 17.0. The summed E-state index contributed by atoms with van der Waals surface area (Å²) in [7, 11) is -6.35. The van der Waals surface area contributed by atoms with Crippen LogP contribution in [0.15, 0.2) is 0 Å². The van der Waals surface area contributed by atoms with Crippen molar-refractivity contribution >= 4 is 7.82 Å². The lowest BCUT2D eigenvalue weighted by Crippen LogP contribution is -2.80. The van der Waals surface area contributed by atoms with Gasteiger partial charge in [-0.05, 0) is 6.92 Å². The Morgan fingerprint density at radius 2 is 0.403 bits per heavy atom. The highest BCUT2D eigenvalue weighted by Gasteiger charge is 3.03. The molecule has 0 rings (SSSR count). The first-order chi connectivity index (χ1) is 30.1. The van der Waals surface area contributed by atoms with Gasteiger partial charge in [-0.2, -0.15) is 189 Å². The minimum absolute atomic E-state index is 0.402. The van der Waals surface area contributed by atoms with Crippen LogP contribution < -0.4 is 0 Å². The summed E-state index contributed by atoms with van der Waals surface area (Å²) < 4.78 is 606. The largest absolute Gasteiger partial charge is 0.469 e. The normalized spacial score (nSPS) is 17.7. The van der Waals surface area contributed by atoms with Crippen molar-refractivity contribution in [3.8, 4) is 0 Å². The van der Waals surface area contributed by atoms with Crippen molar-refractivity contribution in [1.82, 2.24) is 0 Å². The van der Waals surface area contributed by atoms with Crippen molar-refractivity contribution in [2.45, 2.75) is 144 Å². The van der Waals surface area contributed by atoms with Gasteiger partial charge in [-0.15, -0.1) is 0 Å². The Bertz CT molecular complexity index is 2000. The van der Waals surface area contributed by atoms with Crippen molar-refractivity contribution < 1.29 is 208 Å². The molecule has 1 unspecified atom stereocenters. The highest BCUT2D eigenvalue weighted by atomic mass is 31.2. The summed E-state index contributed by atoms with van der Waals surface area (Å²) >= 11 is 0. The Kier molecular flexibility index (Phi) is 16.4. The molecule has 2 N–H and O–H groups in total. The second kappa shape index (κ2) is 17.1. The second-order valence-corrected chi connectivity index (χ2v) is 14.9. The molecule has 0 bridgehead atoms. The van der Waals surface area contributed by atoms with Crippen LogP contribution in [0.2, 0.25) is 0 Å². The van der Waals surface area contributed by atoms with E-state index >= 15 is 0 Å². The van der Waals surface area contributed by atoms with Gasteiger partial charge in [-0.25, -0.2) is 4.57 Å². The molecule has 0 saturated carbocycles. The van der Waals surface area contributed by atoms with E-state index in [2.05, 4.69) is 4.52 Å². The van der Waals surface area contributed by atoms with Crippen LogP contribution >= 0.6 is 7.82 Å². The number of hydrogen-bond donors (Lipinski definition) is 2. The summed E-state index contributed by atoms with van der Waals surface area (Å²) in [5, 5.41) is 0. The van der Waals surface area contributed by atoms with Crippen LogP contribution in [0.3, 0.4) is 0 Å². The average Bonchev–Trinajstić information content (AvgIpc) is 3.11. The molecule has 0 aromatic carbocycles. The SMILES string of the molecule is CC(CC(F)(F)C(F)(F)C(F)(F)C(F)(F)C(F)(F)C(F)(F)C(F)(F)C(F)(F)C(F)(F)C(F)(F)C(F)(F)C(F)(F)C(F)(F)C(F)(F)C(F)(F)C(F)(F)C(F)(F)C(F)(F)C(F)(F)C(F)(F)C(F)(F)F)OP(=O)(O)O. The van der Waals surface area contributed by atoms with E-state index in [9.17, 15) is 193 Å². The predicted molar refractivity (Wildman–Crippen MR) is 132 cm³/mol. The number of halogens is 43. The molecule has 0 aliphatic heterocycles. The molecule has 0 aliphatic rings. The van der Waals surface area contributed by atoms with E-state index in [0.29, 0.717) is 0 Å². The number of phosphoric ester groups is 1. The van der Waals surface area contributed by atoms with Crippen molar-refractivity contribution in [3.05, 3.63) is 0 Å². The van der Waals surface area contributed by atoms with Crippen LogP contribution in [-0.2, 0) is 9.09 Å². The minimum atomic E-state index is -10.8. The molecule has 0 amide bonds. The van der Waals surface area contributed by atoms with E-state index in [1.807, 2.05) is 0 Å². The summed E-state index contributed by atoms with van der Waals surface area (Å²) in [5.74, 6) is -202. The number of rotatable bonds is 23. The third kappa shape index (κ3) is 8.37. The van der Waals surface area contributed by atoms with E-state index in [1.165, 1.54) is 0 Å². The number of hydrogen-bond acceptors (Lipinski definition) is 2. The molecule has 0 radical (unpaired) electrons. The molecule has 0 heterocycles. The smallest absolute Gasteiger partial charge is 0.303 e. The topological polar surface area (TPSA) is 66.8 Å². The standard InChI is InChI=1S/C24H8F43O4P/c1-3(71-72(68,69)70)2-4(25,26)5(27,28)6(29,30)7(31,32)8(33,34)9(35,36)10(37,38)11(39,40)12(41,42)13(43,44)14(45,46)15(47,48)16(49,50)17(51,52)18(53,54)19(55,56)20(57,58)21(59,60)22(61,62)23(63,64)24(65,66)67/h3H,2H2,1H3,(H2,68,69,70). The molecule has 48 heteroatoms. The monoisotopic (exact) mass is 1210 g/mol. The van der Waals surface area contributed by atoms with Gasteiger partial charge in [-0.1, -0.05) is 0 Å². The molecule has 1 atom stereocenters. The quantitative estimate of drug-likeness (QED) is 0.0790. The van der Waals surface area contributed by atoms with Crippen LogP contribution in [0.25, 0.3) is 0 Å². The van der Waals surface area contributed by atoms with Gasteiger partial charge in [0, 0.05) is 6.42 Å². The molecule has 72 heavy (non-hydrogen) atoms. The average molecular weight is 1210 g/mol. The van der Waals surface area contributed by atoms with Crippen LogP contribution in [-0.4, -0.2) is 141 Å². The molecular weight excluding hydrogens is 1200 g/mol. The lowest BCUT2D eigenvalue weighted by Gasteiger charge is -2.47. The Morgan fingerprint density at radius 1 is 0.278 bits per heavy atom. The fourth-order valence-electron chi connectivity index (χ4n) is 4.52. The second-order valence-electron chi connectivity index (χ2n) is 13.7. The summed E-state index contributed by atoms with van der Waals surface area (Å²) in [6, 6.07) is 0. The summed E-state index contributed by atoms with van der Waals surface area (Å²) in [6.07, 6.45) is -15.8. The van der Waals surface area contributed by atoms with Crippen molar-refractivity contribution in [1.29, 1.82) is 0 Å². The van der Waals surface area contributed by atoms with Gasteiger partial charge in [-0.3, -0.25) is 4.52 Å². The fraction of sp³-hybridized carbons (Fsp3) is 1.00. The molecule has 0 spiro atoms. The highest BCUT2D eigenvalue weighted by molar-refractivity contribution is 7.46. The third-order valence-corrected chi connectivity index (χ3v) is 9.41. The lowest BCUT2D eigenvalue weighted by molar-refractivity contribution is -0.496. The van der Waals surface area contributed by atoms with Crippen molar-refractivity contribution in [2.24, 2.45) is 0 Å². The fourth-order valence-corrected chi connectivity index (χ4v) is 5.06. The van der Waals surface area contributed by atoms with E-state index in [4.69, 9.17) is 9.79 Å². The molecule has 0 fully saturated rings. The molecule has 434 valence electrons. The van der Waals surface area contributed by atoms with Gasteiger partial charge in [0.15, 0.2) is 0 Å². The van der Waals surface area contributed by atoms with Crippen LogP contribution in [0.5, 0.6) is 0 Å². The zero-order valence-corrected chi connectivity index (χ0v) is 32.1. The van der Waals surface area contributed by atoms with Gasteiger partial charge in [0.25, 0.3) is 0 Å². The Balaban J connectivity index is 8.00. The first kappa shape index (κ1) is 69.1. The van der Waals surface area contributed by atoms with E-state index in [0.717, 1.165) is 0 Å². The summed E-state index contributed by atoms with van der Waals surface area (Å²) in [4.78, 5) is 16.6. The predicted octanol–water partition coefficient (Wildman–Crippen LogP) is 14.1. The summed E-state index contributed by atoms with van der Waals surface area (Å²) in [6.45, 7) is -0.402. The highest BCUT2D eigenvalue weighted by Crippen LogP contribution is 2.72. The maximum absolute atomic E-state index is 14.1. The number of phosphoric acid groups is 1. The van der Waals surface area contributed by atoms with Gasteiger partial charge >= 0.3 is 132 Å². The van der Waals surface area contributed by atoms with Gasteiger partial charge in [0.05, 0.1) is 6.10 Å². The number of alkyl halides is 43. The van der Waals surface area contributed by atoms with Crippen LogP contribution in [0, 0.1) is 0 Å². The molecule has 0 aromatic heterocycles. The first-order valence-electron chi connectivity index (χ1n) is 15.5. The van der Waals surface area contributed by atoms with Crippen molar-refractivity contribution in [2.75, 3.05) is 0 Å². The Hall–Kier alpha value is -2.90. The van der Waals surface area contributed by atoms with Gasteiger partial charge < -0.3 is 9.79 Å². The molecule has 0 aromatic rings. The zero-order valence-electron chi connectivity index (χ0n) is 31.2. The lowest BCUT2D eigenvalue weighted by atomic mass is 9.81. The van der Waals surface area contributed by atoms with Crippen LogP contribution in [0.1, 0.15) is 13.3 Å². The Morgan fingerprint density at radius 3 is 0.528 bits per heavy atom. The maximum atomic E-state index is 14.1. The molecule has 0 aliphatic carbocycles. The van der Waals surface area contributed by atoms with Crippen molar-refractivity contribution in [3.63, 3.8) is 0 Å². The van der Waals surface area contributed by atoms with E-state index in [-0.39, 0.29) is 0 Å². The van der Waals surface area contributed by atoms with Gasteiger partial charge in [0.1, 0.15) is 0 Å². The third-order valence-electron chi connectivity index (χ3n) is 8.77. The maximum Gasteiger partial charge on any atom is 0.469 e. The minimum Gasteiger partial charge on any atom is -0.303 e. The zero-order chi connectivity index (χ0) is 60.0. The van der Waals surface area contributed by atoms with Gasteiger partial charge in [0.2, 0.25) is 0 Å². The molecule has 0 saturated heterocycles. The van der Waals surface area contributed by atoms with E-state index in [1.54, 1.807) is 0 Å². The summed E-state index contributed by atoms with van der Waals surface area (Å²) in [5.41, 5.74) is 0. The molecular formula is C24H8F43O4P. The molecule has 4 nitrogen and oxygen atoms in total. The van der Waals surface area contributed by atoms with E-state index < -0.39 is 152 Å². The van der Waals surface area contributed by atoms with Crippen LogP contribution in [0.4, 0.5) is 189 Å². The Labute approximate surface area is 361 Å².